The van der Waals surface area contributed by atoms with Crippen LogP contribution < -0.4 is 14.8 Å². The summed E-state index contributed by atoms with van der Waals surface area (Å²) in [5.74, 6) is -1.60. The number of sulfone groups is 1. The van der Waals surface area contributed by atoms with Crippen molar-refractivity contribution in [1.82, 2.24) is 15.3 Å². The zero-order valence-corrected chi connectivity index (χ0v) is 20.2. The minimum atomic E-state index is -4.84. The number of halogens is 3. The first-order valence-electron chi connectivity index (χ1n) is 10.5. The highest BCUT2D eigenvalue weighted by Crippen LogP contribution is 2.28. The molecular weight excluding hydrogens is 523 g/mol. The molecule has 2 aromatic rings. The van der Waals surface area contributed by atoms with Gasteiger partial charge in [-0.05, 0) is 62.4 Å². The van der Waals surface area contributed by atoms with Crippen LogP contribution in [-0.2, 0) is 19.4 Å². The number of rotatable bonds is 10. The summed E-state index contributed by atoms with van der Waals surface area (Å²) in [7, 11) is -4.14. The van der Waals surface area contributed by atoms with Gasteiger partial charge in [-0.1, -0.05) is 0 Å². The first-order valence-corrected chi connectivity index (χ1v) is 12.2. The molecule has 1 aliphatic rings. The lowest BCUT2D eigenvalue weighted by Gasteiger charge is -2.26. The van der Waals surface area contributed by atoms with Crippen LogP contribution in [0, 0.1) is 0 Å². The van der Waals surface area contributed by atoms with Crippen LogP contribution in [0.4, 0.5) is 18.0 Å². The molecule has 4 amide bonds. The zero-order valence-electron chi connectivity index (χ0n) is 19.4. The van der Waals surface area contributed by atoms with E-state index in [1.165, 1.54) is 50.2 Å². The summed E-state index contributed by atoms with van der Waals surface area (Å²) >= 11 is 0. The van der Waals surface area contributed by atoms with Gasteiger partial charge in [0.2, 0.25) is 6.41 Å². The molecule has 0 saturated carbocycles. The lowest BCUT2D eigenvalue weighted by atomic mass is 10.1. The molecule has 3 rings (SSSR count). The molecule has 1 aliphatic heterocycles. The van der Waals surface area contributed by atoms with E-state index >= 15 is 0 Å². The lowest BCUT2D eigenvalue weighted by Crippen LogP contribution is -2.48. The molecular formula is C22H22F3N3O8S. The van der Waals surface area contributed by atoms with Crippen LogP contribution in [0.25, 0.3) is 0 Å². The van der Waals surface area contributed by atoms with Crippen molar-refractivity contribution in [1.29, 1.82) is 0 Å². The smallest absolute Gasteiger partial charge is 0.457 e. The normalized spacial score (nSPS) is 16.2. The molecule has 200 valence electrons. The van der Waals surface area contributed by atoms with E-state index in [4.69, 9.17) is 4.74 Å². The van der Waals surface area contributed by atoms with Crippen molar-refractivity contribution in [3.8, 4) is 17.2 Å². The fraction of sp³-hybridized carbons (Fsp3) is 0.318. The number of carbonyl (C=O) groups excluding carboxylic acids is 3. The molecule has 37 heavy (non-hydrogen) atoms. The Kier molecular flexibility index (Phi) is 7.69. The standard InChI is InChI=1S/C22H22F3N3O8S/c1-21(2)19(30)27(20(31)26-21)11-14(28(32)13-29)12-37(33,34)18-9-7-16(8-10-18)35-15-3-5-17(6-4-15)36-22(23,24)25/h3-10,13-14,32H,11-12H2,1-2H3,(H,26,31). The van der Waals surface area contributed by atoms with Gasteiger partial charge in [-0.3, -0.25) is 19.7 Å². The summed E-state index contributed by atoms with van der Waals surface area (Å²) in [5.41, 5.74) is -1.23. The van der Waals surface area contributed by atoms with Gasteiger partial charge in [-0.15, -0.1) is 13.2 Å². The van der Waals surface area contributed by atoms with Crippen molar-refractivity contribution in [2.45, 2.75) is 36.7 Å². The lowest BCUT2D eigenvalue weighted by molar-refractivity contribution is -0.274. The fourth-order valence-corrected chi connectivity index (χ4v) is 4.91. The van der Waals surface area contributed by atoms with Gasteiger partial charge in [0.1, 0.15) is 22.8 Å². The molecule has 0 spiro atoms. The average molecular weight is 545 g/mol. The van der Waals surface area contributed by atoms with Gasteiger partial charge in [0.15, 0.2) is 9.84 Å². The fourth-order valence-electron chi connectivity index (χ4n) is 3.40. The number of urea groups is 1. The Morgan fingerprint density at radius 1 is 1.05 bits per heavy atom. The van der Waals surface area contributed by atoms with Gasteiger partial charge < -0.3 is 14.8 Å². The molecule has 0 bridgehead atoms. The van der Waals surface area contributed by atoms with Gasteiger partial charge in [-0.25, -0.2) is 18.3 Å². The molecule has 0 aromatic heterocycles. The van der Waals surface area contributed by atoms with E-state index in [1.807, 2.05) is 0 Å². The molecule has 1 atom stereocenters. The highest BCUT2D eigenvalue weighted by molar-refractivity contribution is 7.91. The Morgan fingerprint density at radius 3 is 2.03 bits per heavy atom. The molecule has 0 aliphatic carbocycles. The molecule has 1 heterocycles. The highest BCUT2D eigenvalue weighted by Gasteiger charge is 2.45. The maximum atomic E-state index is 12.9. The second-order valence-electron chi connectivity index (χ2n) is 8.48. The summed E-state index contributed by atoms with van der Waals surface area (Å²) in [4.78, 5) is 36.2. The maximum Gasteiger partial charge on any atom is 0.573 e. The molecule has 1 saturated heterocycles. The van der Waals surface area contributed by atoms with Crippen LogP contribution >= 0.6 is 0 Å². The average Bonchev–Trinajstić information content (AvgIpc) is 3.00. The zero-order chi connectivity index (χ0) is 27.6. The number of benzene rings is 2. The Balaban J connectivity index is 1.71. The molecule has 1 fully saturated rings. The molecule has 11 nitrogen and oxygen atoms in total. The third-order valence-electron chi connectivity index (χ3n) is 5.21. The summed E-state index contributed by atoms with van der Waals surface area (Å²) in [6, 6.07) is 7.23. The minimum Gasteiger partial charge on any atom is -0.457 e. The summed E-state index contributed by atoms with van der Waals surface area (Å²) in [5, 5.41) is 12.4. The maximum absolute atomic E-state index is 12.9. The molecule has 0 radical (unpaired) electrons. The Labute approximate surface area is 209 Å². The molecule has 2 N–H and O–H groups in total. The van der Waals surface area contributed by atoms with Crippen molar-refractivity contribution in [2.75, 3.05) is 12.3 Å². The Bertz CT molecular complexity index is 1270. The number of carbonyl (C=O) groups is 3. The second kappa shape index (κ2) is 10.3. The van der Waals surface area contributed by atoms with Gasteiger partial charge in [-0.2, -0.15) is 0 Å². The first-order chi connectivity index (χ1) is 17.1. The highest BCUT2D eigenvalue weighted by atomic mass is 32.2. The van der Waals surface area contributed by atoms with Gasteiger partial charge >= 0.3 is 12.4 Å². The summed E-state index contributed by atoms with van der Waals surface area (Å²) in [6.07, 6.45) is -4.87. The van der Waals surface area contributed by atoms with E-state index < -0.39 is 57.8 Å². The van der Waals surface area contributed by atoms with Crippen molar-refractivity contribution < 1.29 is 50.7 Å². The summed E-state index contributed by atoms with van der Waals surface area (Å²) in [6.45, 7) is 2.32. The monoisotopic (exact) mass is 545 g/mol. The number of hydrogen-bond donors (Lipinski definition) is 2. The number of nitrogens with zero attached hydrogens (tertiary/aromatic N) is 2. The largest absolute Gasteiger partial charge is 0.573 e. The van der Waals surface area contributed by atoms with Gasteiger partial charge in [0, 0.05) is 0 Å². The number of hydrogen-bond acceptors (Lipinski definition) is 8. The van der Waals surface area contributed by atoms with Gasteiger partial charge in [0.25, 0.3) is 5.91 Å². The Morgan fingerprint density at radius 2 is 1.57 bits per heavy atom. The van der Waals surface area contributed by atoms with Crippen molar-refractivity contribution in [3.63, 3.8) is 0 Å². The predicted molar refractivity (Wildman–Crippen MR) is 119 cm³/mol. The second-order valence-corrected chi connectivity index (χ2v) is 10.5. The summed E-state index contributed by atoms with van der Waals surface area (Å²) < 4.78 is 71.9. The molecule has 2 aromatic carbocycles. The van der Waals surface area contributed by atoms with Crippen LogP contribution in [0.15, 0.2) is 53.4 Å². The van der Waals surface area contributed by atoms with E-state index in [-0.39, 0.29) is 27.9 Å². The van der Waals surface area contributed by atoms with E-state index in [1.54, 1.807) is 0 Å². The van der Waals surface area contributed by atoms with Crippen LogP contribution in [-0.4, -0.2) is 72.2 Å². The third kappa shape index (κ3) is 6.89. The van der Waals surface area contributed by atoms with Crippen LogP contribution in [0.2, 0.25) is 0 Å². The number of ether oxygens (including phenoxy) is 2. The van der Waals surface area contributed by atoms with E-state index in [0.29, 0.717) is 0 Å². The van der Waals surface area contributed by atoms with Crippen LogP contribution in [0.1, 0.15) is 13.8 Å². The van der Waals surface area contributed by atoms with Crippen LogP contribution in [0.3, 0.4) is 0 Å². The van der Waals surface area contributed by atoms with E-state index in [2.05, 4.69) is 10.1 Å². The van der Waals surface area contributed by atoms with E-state index in [9.17, 15) is 41.2 Å². The number of imide groups is 1. The predicted octanol–water partition coefficient (Wildman–Crippen LogP) is 2.70. The molecule has 15 heteroatoms. The number of nitrogens with one attached hydrogen (secondary N) is 1. The minimum absolute atomic E-state index is 0.0360. The van der Waals surface area contributed by atoms with Crippen LogP contribution in [0.5, 0.6) is 17.2 Å². The number of hydroxylamine groups is 2. The van der Waals surface area contributed by atoms with Crippen molar-refractivity contribution in [2.24, 2.45) is 0 Å². The third-order valence-corrected chi connectivity index (χ3v) is 7.02. The van der Waals surface area contributed by atoms with Crippen molar-refractivity contribution >= 4 is 28.2 Å². The number of alkyl halides is 3. The SMILES string of the molecule is CC1(C)NC(=O)N(CC(CS(=O)(=O)c2ccc(Oc3ccc(OC(F)(F)F)cc3)cc2)N(O)C=O)C1=O. The van der Waals surface area contributed by atoms with Gasteiger partial charge in [0.05, 0.1) is 23.2 Å². The number of amides is 4. The van der Waals surface area contributed by atoms with E-state index in [0.717, 1.165) is 17.0 Å². The molecule has 1 unspecified atom stereocenters. The topological polar surface area (TPSA) is 143 Å². The van der Waals surface area contributed by atoms with Crippen molar-refractivity contribution in [3.05, 3.63) is 48.5 Å². The quantitative estimate of drug-likeness (QED) is 0.201. The Hall–Kier alpha value is -3.85. The first kappa shape index (κ1) is 27.7.